The van der Waals surface area contributed by atoms with Gasteiger partial charge in [0, 0.05) is 12.7 Å². The third kappa shape index (κ3) is 2.62. The van der Waals surface area contributed by atoms with Crippen LogP contribution in [-0.2, 0) is 11.3 Å². The van der Waals surface area contributed by atoms with Crippen molar-refractivity contribution in [1.29, 1.82) is 0 Å². The van der Waals surface area contributed by atoms with Gasteiger partial charge in [-0.3, -0.25) is 4.68 Å². The van der Waals surface area contributed by atoms with E-state index in [1.807, 2.05) is 0 Å². The topological polar surface area (TPSA) is 39.1 Å². The molecular formula is C12H21N3O. The molecule has 2 heterocycles. The van der Waals surface area contributed by atoms with Gasteiger partial charge in [-0.15, -0.1) is 0 Å². The lowest BCUT2D eigenvalue weighted by molar-refractivity contribution is -0.00593. The summed E-state index contributed by atoms with van der Waals surface area (Å²) in [6, 6.07) is 3.17. The van der Waals surface area contributed by atoms with Gasteiger partial charge in [-0.2, -0.15) is 5.10 Å². The molecule has 4 nitrogen and oxygen atoms in total. The lowest BCUT2D eigenvalue weighted by Crippen LogP contribution is -2.45. The zero-order chi connectivity index (χ0) is 11.4. The van der Waals surface area contributed by atoms with Crippen molar-refractivity contribution >= 4 is 0 Å². The summed E-state index contributed by atoms with van der Waals surface area (Å²) in [6.45, 7) is 6.95. The smallest absolute Gasteiger partial charge is 0.0762 e. The molecule has 0 aliphatic carbocycles. The second-order valence-corrected chi connectivity index (χ2v) is 4.37. The van der Waals surface area contributed by atoms with Crippen molar-refractivity contribution < 1.29 is 4.74 Å². The van der Waals surface area contributed by atoms with E-state index in [2.05, 4.69) is 41.2 Å². The van der Waals surface area contributed by atoms with Crippen LogP contribution in [0, 0.1) is 0 Å². The third-order valence-corrected chi connectivity index (χ3v) is 3.19. The first kappa shape index (κ1) is 11.6. The van der Waals surface area contributed by atoms with Gasteiger partial charge < -0.3 is 10.1 Å². The molecule has 1 fully saturated rings. The van der Waals surface area contributed by atoms with Crippen molar-refractivity contribution in [2.45, 2.75) is 45.3 Å². The molecule has 90 valence electrons. The average Bonchev–Trinajstić information content (AvgIpc) is 2.66. The summed E-state index contributed by atoms with van der Waals surface area (Å²) < 4.78 is 7.20. The summed E-state index contributed by atoms with van der Waals surface area (Å²) in [7, 11) is 0. The quantitative estimate of drug-likeness (QED) is 0.798. The van der Waals surface area contributed by atoms with Crippen molar-refractivity contribution in [3.63, 3.8) is 0 Å². The van der Waals surface area contributed by atoms with Crippen LogP contribution in [0.3, 0.4) is 0 Å². The molecule has 1 aromatic rings. The standard InChI is InChI=1S/C12H21N3O/c1-3-12(4-2)15-6-5-10(14-15)7-13-11-8-16-9-11/h5-6,11-13H,3-4,7-9H2,1-2H3. The summed E-state index contributed by atoms with van der Waals surface area (Å²) in [5.74, 6) is 0. The van der Waals surface area contributed by atoms with E-state index in [4.69, 9.17) is 4.74 Å². The summed E-state index contributed by atoms with van der Waals surface area (Å²) in [6.07, 6.45) is 4.37. The molecule has 1 N–H and O–H groups in total. The molecular weight excluding hydrogens is 202 g/mol. The molecule has 0 bridgehead atoms. The Morgan fingerprint density at radius 1 is 1.50 bits per heavy atom. The second kappa shape index (κ2) is 5.46. The lowest BCUT2D eigenvalue weighted by Gasteiger charge is -2.26. The highest BCUT2D eigenvalue weighted by atomic mass is 16.5. The maximum atomic E-state index is 5.11. The third-order valence-electron chi connectivity index (χ3n) is 3.19. The van der Waals surface area contributed by atoms with E-state index in [-0.39, 0.29) is 0 Å². The molecule has 2 rings (SSSR count). The highest BCUT2D eigenvalue weighted by Crippen LogP contribution is 2.14. The van der Waals surface area contributed by atoms with Crippen molar-refractivity contribution in [3.05, 3.63) is 18.0 Å². The molecule has 0 radical (unpaired) electrons. The van der Waals surface area contributed by atoms with Gasteiger partial charge in [-0.25, -0.2) is 0 Å². The van der Waals surface area contributed by atoms with E-state index < -0.39 is 0 Å². The summed E-state index contributed by atoms with van der Waals surface area (Å²) in [5.41, 5.74) is 1.12. The molecule has 16 heavy (non-hydrogen) atoms. The first-order valence-electron chi connectivity index (χ1n) is 6.18. The minimum Gasteiger partial charge on any atom is -0.378 e. The van der Waals surface area contributed by atoms with Gasteiger partial charge in [-0.05, 0) is 18.9 Å². The Kier molecular flexibility index (Phi) is 3.96. The van der Waals surface area contributed by atoms with Crippen LogP contribution in [0.5, 0.6) is 0 Å². The Bertz CT molecular complexity index is 316. The van der Waals surface area contributed by atoms with E-state index in [1.165, 1.54) is 0 Å². The normalized spacial score (nSPS) is 16.7. The SMILES string of the molecule is CCC(CC)n1ccc(CNC2COC2)n1. The lowest BCUT2D eigenvalue weighted by atomic mass is 10.2. The number of nitrogens with one attached hydrogen (secondary N) is 1. The van der Waals surface area contributed by atoms with Crippen LogP contribution < -0.4 is 5.32 Å². The van der Waals surface area contributed by atoms with Crippen LogP contribution >= 0.6 is 0 Å². The molecule has 0 atom stereocenters. The number of hydrogen-bond acceptors (Lipinski definition) is 3. The average molecular weight is 223 g/mol. The molecule has 1 aliphatic heterocycles. The minimum absolute atomic E-state index is 0.526. The molecule has 1 saturated heterocycles. The monoisotopic (exact) mass is 223 g/mol. The number of aromatic nitrogens is 2. The minimum atomic E-state index is 0.526. The Balaban J connectivity index is 1.85. The predicted octanol–water partition coefficient (Wildman–Crippen LogP) is 1.73. The molecule has 0 unspecified atom stereocenters. The first-order valence-corrected chi connectivity index (χ1v) is 6.18. The van der Waals surface area contributed by atoms with E-state index >= 15 is 0 Å². The van der Waals surface area contributed by atoms with Crippen molar-refractivity contribution in [1.82, 2.24) is 15.1 Å². The Hall–Kier alpha value is -0.870. The molecule has 0 saturated carbocycles. The van der Waals surface area contributed by atoms with Crippen LogP contribution in [0.4, 0.5) is 0 Å². The number of ether oxygens (including phenoxy) is 1. The first-order chi connectivity index (χ1) is 7.83. The predicted molar refractivity (Wildman–Crippen MR) is 63.3 cm³/mol. The van der Waals surface area contributed by atoms with Crippen LogP contribution in [0.2, 0.25) is 0 Å². The van der Waals surface area contributed by atoms with E-state index in [1.54, 1.807) is 0 Å². The Morgan fingerprint density at radius 2 is 2.25 bits per heavy atom. The van der Waals surface area contributed by atoms with Crippen LogP contribution in [0.25, 0.3) is 0 Å². The largest absolute Gasteiger partial charge is 0.378 e. The van der Waals surface area contributed by atoms with Crippen molar-refractivity contribution in [2.24, 2.45) is 0 Å². The van der Waals surface area contributed by atoms with Gasteiger partial charge >= 0.3 is 0 Å². The fourth-order valence-electron chi connectivity index (χ4n) is 1.94. The molecule has 1 aliphatic rings. The van der Waals surface area contributed by atoms with E-state index in [9.17, 15) is 0 Å². The zero-order valence-corrected chi connectivity index (χ0v) is 10.1. The highest BCUT2D eigenvalue weighted by molar-refractivity contribution is 5.00. The Morgan fingerprint density at radius 3 is 2.81 bits per heavy atom. The van der Waals surface area contributed by atoms with Crippen molar-refractivity contribution in [3.8, 4) is 0 Å². The maximum Gasteiger partial charge on any atom is 0.0762 e. The number of rotatable bonds is 6. The number of hydrogen-bond donors (Lipinski definition) is 1. The summed E-state index contributed by atoms with van der Waals surface area (Å²) >= 11 is 0. The molecule has 0 aromatic carbocycles. The van der Waals surface area contributed by atoms with Crippen LogP contribution in [0.15, 0.2) is 12.3 Å². The van der Waals surface area contributed by atoms with Crippen LogP contribution in [0.1, 0.15) is 38.4 Å². The van der Waals surface area contributed by atoms with Crippen molar-refractivity contribution in [2.75, 3.05) is 13.2 Å². The van der Waals surface area contributed by atoms with E-state index in [0.29, 0.717) is 12.1 Å². The van der Waals surface area contributed by atoms with Crippen LogP contribution in [-0.4, -0.2) is 29.0 Å². The summed E-state index contributed by atoms with van der Waals surface area (Å²) in [4.78, 5) is 0. The van der Waals surface area contributed by atoms with Gasteiger partial charge in [0.1, 0.15) is 0 Å². The maximum absolute atomic E-state index is 5.11. The number of nitrogens with zero attached hydrogens (tertiary/aromatic N) is 2. The second-order valence-electron chi connectivity index (χ2n) is 4.37. The summed E-state index contributed by atoms with van der Waals surface area (Å²) in [5, 5.41) is 8.02. The Labute approximate surface area is 97.0 Å². The van der Waals surface area contributed by atoms with Gasteiger partial charge in [0.2, 0.25) is 0 Å². The van der Waals surface area contributed by atoms with Gasteiger partial charge in [0.25, 0.3) is 0 Å². The zero-order valence-electron chi connectivity index (χ0n) is 10.1. The van der Waals surface area contributed by atoms with Gasteiger partial charge in [0.15, 0.2) is 0 Å². The van der Waals surface area contributed by atoms with Gasteiger partial charge in [0.05, 0.1) is 31.0 Å². The van der Waals surface area contributed by atoms with E-state index in [0.717, 1.165) is 38.3 Å². The van der Waals surface area contributed by atoms with Gasteiger partial charge in [-0.1, -0.05) is 13.8 Å². The fourth-order valence-corrected chi connectivity index (χ4v) is 1.94. The fraction of sp³-hybridized carbons (Fsp3) is 0.750. The highest BCUT2D eigenvalue weighted by Gasteiger charge is 2.17. The molecule has 4 heteroatoms. The molecule has 0 amide bonds. The molecule has 0 spiro atoms. The molecule has 1 aromatic heterocycles.